The van der Waals surface area contributed by atoms with Crippen LogP contribution in [-0.2, 0) is 0 Å². The number of nitrogens with zero attached hydrogens (tertiary/aromatic N) is 2. The van der Waals surface area contributed by atoms with E-state index in [1.54, 1.807) is 0 Å². The molecule has 1 aliphatic rings. The Morgan fingerprint density at radius 3 is 2.37 bits per heavy atom. The normalized spacial score (nSPS) is 19.3. The predicted octanol–water partition coefficient (Wildman–Crippen LogP) is 2.56. The molecule has 1 heterocycles. The Morgan fingerprint density at radius 1 is 1.21 bits per heavy atom. The fraction of sp³-hybridized carbons (Fsp3) is 1.00. The van der Waals surface area contributed by atoms with Crippen LogP contribution in [0.2, 0.25) is 0 Å². The van der Waals surface area contributed by atoms with E-state index in [1.165, 1.54) is 51.9 Å². The van der Waals surface area contributed by atoms with Gasteiger partial charge in [-0.25, -0.2) is 0 Å². The molecule has 0 atom stereocenters. The maximum atomic E-state index is 5.67. The second-order valence-electron chi connectivity index (χ2n) is 6.95. The van der Waals surface area contributed by atoms with Crippen LogP contribution in [0, 0.1) is 5.41 Å². The molecule has 3 heteroatoms. The maximum Gasteiger partial charge on any atom is 0.0117 e. The molecule has 0 spiro atoms. The molecule has 114 valence electrons. The van der Waals surface area contributed by atoms with Crippen LogP contribution in [0.5, 0.6) is 0 Å². The zero-order valence-corrected chi connectivity index (χ0v) is 13.6. The number of piperidine rings is 1. The molecule has 0 aromatic carbocycles. The van der Waals surface area contributed by atoms with Crippen molar-refractivity contribution in [1.29, 1.82) is 0 Å². The topological polar surface area (TPSA) is 32.5 Å². The van der Waals surface area contributed by atoms with Gasteiger partial charge in [0.15, 0.2) is 0 Å². The Labute approximate surface area is 120 Å². The first-order valence-electron chi connectivity index (χ1n) is 8.11. The standard InChI is InChI=1S/C16H35N3/c1-5-19-13-7-15(8-14-19)18(4)12-6-9-16(2,3)10-11-17/h15H,5-14,17H2,1-4H3. The van der Waals surface area contributed by atoms with Crippen LogP contribution >= 0.6 is 0 Å². The molecule has 1 rings (SSSR count). The number of hydrogen-bond donors (Lipinski definition) is 1. The Bertz CT molecular complexity index is 232. The van der Waals surface area contributed by atoms with Crippen molar-refractivity contribution in [2.24, 2.45) is 11.1 Å². The van der Waals surface area contributed by atoms with E-state index in [2.05, 4.69) is 37.6 Å². The summed E-state index contributed by atoms with van der Waals surface area (Å²) in [5.41, 5.74) is 6.09. The van der Waals surface area contributed by atoms with Crippen molar-refractivity contribution in [1.82, 2.24) is 9.80 Å². The number of rotatable bonds is 8. The Kier molecular flexibility index (Phi) is 7.33. The molecule has 0 unspecified atom stereocenters. The molecule has 1 fully saturated rings. The van der Waals surface area contributed by atoms with Crippen LogP contribution in [0.4, 0.5) is 0 Å². The SMILES string of the molecule is CCN1CCC(N(C)CCCC(C)(C)CCN)CC1. The molecular weight excluding hydrogens is 234 g/mol. The van der Waals surface area contributed by atoms with Gasteiger partial charge in [0.2, 0.25) is 0 Å². The molecule has 0 aromatic heterocycles. The van der Waals surface area contributed by atoms with Crippen molar-refractivity contribution >= 4 is 0 Å². The highest BCUT2D eigenvalue weighted by atomic mass is 15.2. The highest BCUT2D eigenvalue weighted by molar-refractivity contribution is 4.78. The Morgan fingerprint density at radius 2 is 1.84 bits per heavy atom. The van der Waals surface area contributed by atoms with Crippen molar-refractivity contribution in [2.45, 2.75) is 58.9 Å². The summed E-state index contributed by atoms with van der Waals surface area (Å²) < 4.78 is 0. The average Bonchev–Trinajstić information content (AvgIpc) is 2.38. The fourth-order valence-corrected chi connectivity index (χ4v) is 3.18. The number of nitrogens with two attached hydrogens (primary N) is 1. The van der Waals surface area contributed by atoms with Crippen molar-refractivity contribution in [3.05, 3.63) is 0 Å². The minimum atomic E-state index is 0.418. The third-order valence-electron chi connectivity index (χ3n) is 4.81. The molecule has 0 aromatic rings. The van der Waals surface area contributed by atoms with Gasteiger partial charge in [0.05, 0.1) is 0 Å². The molecule has 3 nitrogen and oxygen atoms in total. The summed E-state index contributed by atoms with van der Waals surface area (Å²) >= 11 is 0. The minimum absolute atomic E-state index is 0.418. The molecule has 2 N–H and O–H groups in total. The predicted molar refractivity (Wildman–Crippen MR) is 84.5 cm³/mol. The van der Waals surface area contributed by atoms with Gasteiger partial charge in [0.25, 0.3) is 0 Å². The highest BCUT2D eigenvalue weighted by Gasteiger charge is 2.22. The zero-order chi connectivity index (χ0) is 14.3. The lowest BCUT2D eigenvalue weighted by molar-refractivity contribution is 0.126. The lowest BCUT2D eigenvalue weighted by Crippen LogP contribution is -2.43. The zero-order valence-electron chi connectivity index (χ0n) is 13.6. The minimum Gasteiger partial charge on any atom is -0.330 e. The third-order valence-corrected chi connectivity index (χ3v) is 4.81. The summed E-state index contributed by atoms with van der Waals surface area (Å²) in [5, 5.41) is 0. The van der Waals surface area contributed by atoms with Gasteiger partial charge in [0.1, 0.15) is 0 Å². The molecule has 0 bridgehead atoms. The van der Waals surface area contributed by atoms with Crippen LogP contribution < -0.4 is 5.73 Å². The average molecular weight is 269 g/mol. The fourth-order valence-electron chi connectivity index (χ4n) is 3.18. The monoisotopic (exact) mass is 269 g/mol. The van der Waals surface area contributed by atoms with E-state index in [0.29, 0.717) is 5.41 Å². The molecule has 19 heavy (non-hydrogen) atoms. The number of hydrogen-bond acceptors (Lipinski definition) is 3. The van der Waals surface area contributed by atoms with Crippen molar-refractivity contribution in [2.75, 3.05) is 39.8 Å². The Balaban J connectivity index is 2.19. The lowest BCUT2D eigenvalue weighted by atomic mass is 9.84. The lowest BCUT2D eigenvalue weighted by Gasteiger charge is -2.36. The molecule has 0 aliphatic carbocycles. The molecule has 1 saturated heterocycles. The van der Waals surface area contributed by atoms with Gasteiger partial charge in [-0.05, 0) is 77.3 Å². The van der Waals surface area contributed by atoms with E-state index in [4.69, 9.17) is 5.73 Å². The van der Waals surface area contributed by atoms with Gasteiger partial charge in [-0.2, -0.15) is 0 Å². The highest BCUT2D eigenvalue weighted by Crippen LogP contribution is 2.26. The van der Waals surface area contributed by atoms with Gasteiger partial charge < -0.3 is 15.5 Å². The van der Waals surface area contributed by atoms with E-state index >= 15 is 0 Å². The molecule has 0 radical (unpaired) electrons. The summed E-state index contributed by atoms with van der Waals surface area (Å²) in [7, 11) is 2.31. The van der Waals surface area contributed by atoms with Gasteiger partial charge >= 0.3 is 0 Å². The van der Waals surface area contributed by atoms with Crippen molar-refractivity contribution in [3.8, 4) is 0 Å². The van der Waals surface area contributed by atoms with Gasteiger partial charge in [-0.1, -0.05) is 20.8 Å². The van der Waals surface area contributed by atoms with Gasteiger partial charge in [0, 0.05) is 6.04 Å². The van der Waals surface area contributed by atoms with E-state index in [-0.39, 0.29) is 0 Å². The maximum absolute atomic E-state index is 5.67. The van der Waals surface area contributed by atoms with Crippen LogP contribution in [0.3, 0.4) is 0 Å². The van der Waals surface area contributed by atoms with E-state index in [9.17, 15) is 0 Å². The third kappa shape index (κ3) is 6.24. The largest absolute Gasteiger partial charge is 0.330 e. The van der Waals surface area contributed by atoms with Crippen LogP contribution in [0.1, 0.15) is 52.9 Å². The second kappa shape index (κ2) is 8.23. The molecular formula is C16H35N3. The van der Waals surface area contributed by atoms with Crippen molar-refractivity contribution in [3.63, 3.8) is 0 Å². The summed E-state index contributed by atoms with van der Waals surface area (Å²) in [5.74, 6) is 0. The summed E-state index contributed by atoms with van der Waals surface area (Å²) in [6.07, 6.45) is 6.43. The Hall–Kier alpha value is -0.120. The second-order valence-corrected chi connectivity index (χ2v) is 6.95. The summed E-state index contributed by atoms with van der Waals surface area (Å²) in [6.45, 7) is 12.8. The smallest absolute Gasteiger partial charge is 0.0117 e. The van der Waals surface area contributed by atoms with E-state index < -0.39 is 0 Å². The molecule has 0 amide bonds. The van der Waals surface area contributed by atoms with Crippen LogP contribution in [0.25, 0.3) is 0 Å². The van der Waals surface area contributed by atoms with Gasteiger partial charge in [-0.15, -0.1) is 0 Å². The van der Waals surface area contributed by atoms with E-state index in [1.807, 2.05) is 0 Å². The first kappa shape index (κ1) is 16.9. The first-order valence-corrected chi connectivity index (χ1v) is 8.11. The summed E-state index contributed by atoms with van der Waals surface area (Å²) in [6, 6.07) is 0.806. The number of likely N-dealkylation sites (tertiary alicyclic amines) is 1. The van der Waals surface area contributed by atoms with E-state index in [0.717, 1.165) is 19.0 Å². The molecule has 0 saturated carbocycles. The van der Waals surface area contributed by atoms with Crippen LogP contribution in [0.15, 0.2) is 0 Å². The van der Waals surface area contributed by atoms with Gasteiger partial charge in [-0.3, -0.25) is 0 Å². The quantitative estimate of drug-likeness (QED) is 0.735. The molecule has 1 aliphatic heterocycles. The van der Waals surface area contributed by atoms with Crippen LogP contribution in [-0.4, -0.2) is 55.6 Å². The van der Waals surface area contributed by atoms with Crippen molar-refractivity contribution < 1.29 is 0 Å². The summed E-state index contributed by atoms with van der Waals surface area (Å²) in [4.78, 5) is 5.15. The first-order chi connectivity index (χ1) is 8.98.